The van der Waals surface area contributed by atoms with E-state index in [4.69, 9.17) is 27.9 Å². The van der Waals surface area contributed by atoms with Gasteiger partial charge in [-0.25, -0.2) is 20.4 Å². The van der Waals surface area contributed by atoms with Crippen molar-refractivity contribution in [3.8, 4) is 81.0 Å². The van der Waals surface area contributed by atoms with E-state index in [-0.39, 0.29) is 83.9 Å². The standard InChI is InChI=1S/C27H22N4O3Si.C24H14N4O3.C23H22BN3O5.C16H12N4O.C10H12BrNSi/c1-35(2,3)11-10-17-12-19(15-28-14-17)18-8-9-20-23(13-18)24(29-30-25(20)32)16-31-26(33)21-6-4-5-7-22(21)27(31)34;1-2-14-9-16(12-25-11-14)15-7-8-17-20(10-15)21(26-27-22(17)29)13-28-23(30)18-5-3-4-6-19(18)24(28)31;1-22(2)23(3,4)32-24(31-22)13-9-10-14-17(11-13)18(25-26-19(14)28)12-27-20(29)15-7-5-6-8-16(15)21(27)30;1-2-10-5-12(9-18-8-10)11-3-4-13-14(6-11)15(7-17)19-20-16(13)21;1-13(2,3)5-4-9-6-10(11)8-12-7-9/h4-9,12-15H,16H2,1-3H3,(H,30,32);1,3-12H,13H2,(H,27,29);5-11H,12H2,1-4H3,(H,26,28);1,3-6,8-9H,7,17H2,(H,20,21);6-8H,1-3H3. The first-order chi connectivity index (χ1) is 63.1. The van der Waals surface area contributed by atoms with Crippen molar-refractivity contribution in [1.29, 1.82) is 0 Å². The molecule has 4 aliphatic heterocycles. The van der Waals surface area contributed by atoms with E-state index in [1.165, 1.54) is 0 Å². The zero-order chi connectivity index (χ0) is 93.8. The molecule has 0 aliphatic carbocycles. The summed E-state index contributed by atoms with van der Waals surface area (Å²) in [7, 11) is -3.41. The van der Waals surface area contributed by atoms with Crippen LogP contribution in [-0.2, 0) is 35.5 Å². The van der Waals surface area contributed by atoms with Crippen LogP contribution in [0.25, 0.3) is 76.5 Å². The molecule has 28 nitrogen and oxygen atoms in total. The van der Waals surface area contributed by atoms with Gasteiger partial charge in [0, 0.05) is 121 Å². The van der Waals surface area contributed by atoms with Crippen molar-refractivity contribution < 1.29 is 38.1 Å². The third-order valence-corrected chi connectivity index (χ3v) is 24.4. The van der Waals surface area contributed by atoms with Crippen LogP contribution in [-0.4, -0.2) is 145 Å². The van der Waals surface area contributed by atoms with Crippen LogP contribution >= 0.6 is 15.9 Å². The van der Waals surface area contributed by atoms with Crippen molar-refractivity contribution in [1.82, 2.24) is 75.4 Å². The van der Waals surface area contributed by atoms with Gasteiger partial charge in [0.15, 0.2) is 0 Å². The van der Waals surface area contributed by atoms with Gasteiger partial charge < -0.3 is 15.0 Å². The third kappa shape index (κ3) is 19.5. The number of imide groups is 3. The first-order valence-corrected chi connectivity index (χ1v) is 49.3. The minimum Gasteiger partial charge on any atom is -0.399 e. The monoisotopic (exact) mass is 1840 g/mol. The number of carbonyl (C=O) groups is 6. The van der Waals surface area contributed by atoms with E-state index in [0.29, 0.717) is 105 Å². The highest BCUT2D eigenvalue weighted by Gasteiger charge is 2.52. The number of terminal acetylenes is 2. The number of pyridine rings is 4. The summed E-state index contributed by atoms with van der Waals surface area (Å²) in [6.07, 6.45) is 24.5. The molecule has 19 rings (SSSR count). The number of amides is 6. The quantitative estimate of drug-likeness (QED) is 0.0456. The smallest absolute Gasteiger partial charge is 0.399 e. The Bertz CT molecular complexity index is 7680. The molecule has 12 heterocycles. The summed E-state index contributed by atoms with van der Waals surface area (Å²) in [6, 6.07) is 49.2. The highest BCUT2D eigenvalue weighted by Crippen LogP contribution is 2.38. The maximum atomic E-state index is 12.9. The Kier molecular flexibility index (Phi) is 25.8. The van der Waals surface area contributed by atoms with Crippen LogP contribution < -0.4 is 33.4 Å². The van der Waals surface area contributed by atoms with Crippen LogP contribution in [0.1, 0.15) is 135 Å². The summed E-state index contributed by atoms with van der Waals surface area (Å²) in [5, 5.41) is 30.5. The SMILES string of the molecule is C#Cc1cncc(-c2ccc3c(=O)[nH]nc(CN)c3c2)c1.C#Cc1cncc(-c2ccc3c(=O)[nH]nc(CN4C(=O)c5ccccc5C4=O)c3c2)c1.CC1(C)OB(c2ccc3c(=O)[nH]nc(CN4C(=O)c5ccccc5C4=O)c3c2)OC1(C)C.C[Si](C)(C)C#Cc1cncc(-c2ccc3c(=O)[nH]nc(CN4C(=O)c5ccccc5C4=O)c3c2)c1.C[Si](C)(C)C#Cc1cncc(Br)c1. The Hall–Kier alpha value is -15.8. The minimum atomic E-state index is -1.53. The number of benzene rings is 7. The molecule has 0 atom stereocenters. The maximum absolute atomic E-state index is 12.9. The predicted octanol–water partition coefficient (Wildman–Crippen LogP) is 13.3. The van der Waals surface area contributed by atoms with E-state index < -0.39 is 34.5 Å². The molecular formula is C100H82BBrN16O12Si2. The zero-order valence-corrected chi connectivity index (χ0v) is 76.7. The average molecular weight is 1850 g/mol. The Balaban J connectivity index is 0.000000130. The number of hydrogen-bond donors (Lipinski definition) is 5. The first-order valence-electron chi connectivity index (χ1n) is 41.5. The largest absolute Gasteiger partial charge is 0.494 e. The van der Waals surface area contributed by atoms with Gasteiger partial charge in [0.1, 0.15) is 16.1 Å². The normalized spacial score (nSPS) is 13.8. The van der Waals surface area contributed by atoms with Crippen molar-refractivity contribution in [3.63, 3.8) is 0 Å². The summed E-state index contributed by atoms with van der Waals surface area (Å²) >= 11 is 3.36. The van der Waals surface area contributed by atoms with Crippen molar-refractivity contribution in [2.24, 2.45) is 5.73 Å². The van der Waals surface area contributed by atoms with Gasteiger partial charge in [-0.05, 0) is 169 Å². The summed E-state index contributed by atoms with van der Waals surface area (Å²) in [4.78, 5) is 146. The molecule has 4 aliphatic rings. The summed E-state index contributed by atoms with van der Waals surface area (Å²) < 4.78 is 13.2. The molecule has 15 aromatic rings. The van der Waals surface area contributed by atoms with Crippen LogP contribution in [0.2, 0.25) is 39.3 Å². The van der Waals surface area contributed by atoms with Crippen molar-refractivity contribution >= 4 is 123 Å². The number of aromatic nitrogens is 12. The molecule has 0 saturated carbocycles. The number of H-pyrrole nitrogens is 4. The Morgan fingerprint density at radius 1 is 0.364 bits per heavy atom. The Morgan fingerprint density at radius 3 is 0.970 bits per heavy atom. The number of nitrogens with two attached hydrogens (primary N) is 1. The van der Waals surface area contributed by atoms with E-state index >= 15 is 0 Å². The molecule has 0 unspecified atom stereocenters. The number of fused-ring (bicyclic) bond motifs is 7. The molecular weight excluding hydrogens is 1760 g/mol. The number of rotatable bonds is 11. The molecule has 32 heteroatoms. The Morgan fingerprint density at radius 2 is 0.652 bits per heavy atom. The second-order valence-corrected chi connectivity index (χ2v) is 44.6. The fourth-order valence-electron chi connectivity index (χ4n) is 14.7. The van der Waals surface area contributed by atoms with Gasteiger partial charge in [-0.15, -0.1) is 23.9 Å². The lowest BCUT2D eigenvalue weighted by Crippen LogP contribution is -2.41. The van der Waals surface area contributed by atoms with Crippen LogP contribution in [0.4, 0.5) is 0 Å². The van der Waals surface area contributed by atoms with Crippen molar-refractivity contribution in [2.75, 3.05) is 0 Å². The van der Waals surface area contributed by atoms with Gasteiger partial charge >= 0.3 is 7.12 Å². The van der Waals surface area contributed by atoms with Crippen LogP contribution in [0.15, 0.2) is 243 Å². The molecule has 0 spiro atoms. The molecule has 0 bridgehead atoms. The molecule has 8 aromatic heterocycles. The fourth-order valence-corrected chi connectivity index (χ4v) is 16.1. The van der Waals surface area contributed by atoms with E-state index in [1.54, 1.807) is 171 Å². The van der Waals surface area contributed by atoms with E-state index in [0.717, 1.165) is 74.5 Å². The summed E-state index contributed by atoms with van der Waals surface area (Å²) in [6.45, 7) is 21.2. The molecule has 6 amide bonds. The van der Waals surface area contributed by atoms with Gasteiger partial charge in [0.05, 0.1) is 109 Å². The first kappa shape index (κ1) is 91.0. The molecule has 6 N–H and O–H groups in total. The Labute approximate surface area is 766 Å². The van der Waals surface area contributed by atoms with E-state index in [2.05, 4.69) is 151 Å². The summed E-state index contributed by atoms with van der Waals surface area (Å²) in [5.74, 6) is 9.19. The molecule has 1 saturated heterocycles. The van der Waals surface area contributed by atoms with Gasteiger partial charge in [0.25, 0.3) is 57.7 Å². The maximum Gasteiger partial charge on any atom is 0.494 e. The molecule has 0 radical (unpaired) electrons. The summed E-state index contributed by atoms with van der Waals surface area (Å²) in [5.41, 5.74) is 23.0. The topological polar surface area (TPSA) is 391 Å². The molecule has 132 heavy (non-hydrogen) atoms. The second kappa shape index (κ2) is 37.5. The lowest BCUT2D eigenvalue weighted by Gasteiger charge is -2.32. The number of nitrogens with zero attached hydrogens (tertiary/aromatic N) is 11. The van der Waals surface area contributed by atoms with Crippen molar-refractivity contribution in [3.05, 3.63) is 344 Å². The highest BCUT2D eigenvalue weighted by atomic mass is 79.9. The van der Waals surface area contributed by atoms with Gasteiger partial charge in [-0.2, -0.15) is 20.4 Å². The highest BCUT2D eigenvalue weighted by molar-refractivity contribution is 9.10. The zero-order valence-electron chi connectivity index (χ0n) is 73.1. The fraction of sp³-hybridized carbons (Fsp3) is 0.160. The molecule has 7 aromatic carbocycles. The van der Waals surface area contributed by atoms with Gasteiger partial charge in [-0.3, -0.25) is 82.6 Å². The number of halogens is 1. The number of hydrogen-bond acceptors (Lipinski definition) is 21. The number of aromatic amines is 4. The molecule has 652 valence electrons. The lowest BCUT2D eigenvalue weighted by molar-refractivity contribution is 0.00578. The molecule has 1 fully saturated rings. The number of carbonyl (C=O) groups excluding carboxylic acids is 6. The van der Waals surface area contributed by atoms with E-state index in [1.807, 2.05) is 76.2 Å². The second-order valence-electron chi connectivity index (χ2n) is 34.2. The lowest BCUT2D eigenvalue weighted by atomic mass is 9.78. The van der Waals surface area contributed by atoms with Crippen LogP contribution in [0, 0.1) is 47.6 Å². The predicted molar refractivity (Wildman–Crippen MR) is 513 cm³/mol. The van der Waals surface area contributed by atoms with Crippen molar-refractivity contribution in [2.45, 2.75) is 104 Å². The van der Waals surface area contributed by atoms with Gasteiger partial charge in [-0.1, -0.05) is 130 Å². The van der Waals surface area contributed by atoms with Gasteiger partial charge in [0.2, 0.25) is 0 Å². The van der Waals surface area contributed by atoms with E-state index in [9.17, 15) is 47.9 Å². The minimum absolute atomic E-state index is 0.0525. The number of nitrogens with one attached hydrogen (secondary N) is 4. The van der Waals surface area contributed by atoms with Crippen LogP contribution in [0.3, 0.4) is 0 Å². The van der Waals surface area contributed by atoms with Crippen LogP contribution in [0.5, 0.6) is 0 Å². The third-order valence-electron chi connectivity index (χ3n) is 22.2. The average Bonchev–Trinajstić information content (AvgIpc) is 1.57.